The summed E-state index contributed by atoms with van der Waals surface area (Å²) in [7, 11) is 0. The Hall–Kier alpha value is -2.61. The lowest BCUT2D eigenvalue weighted by Gasteiger charge is -2.37. The van der Waals surface area contributed by atoms with Gasteiger partial charge in [0.25, 0.3) is 5.91 Å². The summed E-state index contributed by atoms with van der Waals surface area (Å²) in [6, 6.07) is 7.02. The van der Waals surface area contributed by atoms with Crippen LogP contribution in [-0.2, 0) is 14.3 Å². The van der Waals surface area contributed by atoms with Gasteiger partial charge in [-0.05, 0) is 26.0 Å². The van der Waals surface area contributed by atoms with Gasteiger partial charge in [0.15, 0.2) is 6.04 Å². The second kappa shape index (κ2) is 7.74. The third-order valence-electron chi connectivity index (χ3n) is 4.95. The van der Waals surface area contributed by atoms with Crippen molar-refractivity contribution in [3.8, 4) is 0 Å². The van der Waals surface area contributed by atoms with Crippen molar-refractivity contribution in [3.05, 3.63) is 24.3 Å². The number of fused-ring (bicyclic) bond motifs is 1. The molecule has 0 aromatic heterocycles. The van der Waals surface area contributed by atoms with Gasteiger partial charge in [-0.25, -0.2) is 4.79 Å². The highest BCUT2D eigenvalue weighted by Gasteiger charge is 2.36. The lowest BCUT2D eigenvalue weighted by atomic mass is 10.1. The van der Waals surface area contributed by atoms with E-state index in [1.165, 1.54) is 0 Å². The first-order valence-electron chi connectivity index (χ1n) is 8.97. The number of nitrogens with zero attached hydrogens (tertiary/aromatic N) is 2. The molecule has 1 fully saturated rings. The Morgan fingerprint density at radius 2 is 1.96 bits per heavy atom. The van der Waals surface area contributed by atoms with Crippen molar-refractivity contribution in [1.82, 2.24) is 4.90 Å². The summed E-state index contributed by atoms with van der Waals surface area (Å²) in [6.45, 7) is 6.52. The minimum atomic E-state index is -0.299. The number of hydrogen-bond donors (Lipinski definition) is 2. The average molecular weight is 361 g/mol. The summed E-state index contributed by atoms with van der Waals surface area (Å²) in [4.78, 5) is 41.1. The summed E-state index contributed by atoms with van der Waals surface area (Å²) >= 11 is 0. The third-order valence-corrected chi connectivity index (χ3v) is 4.95. The van der Waals surface area contributed by atoms with Gasteiger partial charge in [-0.3, -0.25) is 19.4 Å². The number of quaternary nitrogens is 1. The molecule has 3 rings (SSSR count). The van der Waals surface area contributed by atoms with E-state index < -0.39 is 0 Å². The van der Waals surface area contributed by atoms with E-state index in [0.29, 0.717) is 38.5 Å². The molecule has 2 aliphatic heterocycles. The number of hydrogen-bond acceptors (Lipinski definition) is 4. The first kappa shape index (κ1) is 18.2. The van der Waals surface area contributed by atoms with E-state index in [-0.39, 0.29) is 30.5 Å². The summed E-state index contributed by atoms with van der Waals surface area (Å²) in [5.74, 6) is -0.265. The SMILES string of the molecule is CCOC(=O)N1CC[NH+]([C@H](C)C(=O)N2CC(=O)Nc3ccccc32)CC1. The number of ether oxygens (including phenoxy) is 1. The lowest BCUT2D eigenvalue weighted by Crippen LogP contribution is -3.19. The van der Waals surface area contributed by atoms with E-state index in [1.807, 2.05) is 25.1 Å². The molecule has 1 aromatic rings. The van der Waals surface area contributed by atoms with Crippen molar-refractivity contribution in [2.45, 2.75) is 19.9 Å². The number of benzene rings is 1. The smallest absolute Gasteiger partial charge is 0.410 e. The molecule has 1 saturated heterocycles. The van der Waals surface area contributed by atoms with Gasteiger partial charge < -0.3 is 15.0 Å². The van der Waals surface area contributed by atoms with Crippen LogP contribution in [0.4, 0.5) is 16.2 Å². The molecular formula is C18H25N4O4+. The molecule has 140 valence electrons. The normalized spacial score (nSPS) is 18.8. The van der Waals surface area contributed by atoms with Crippen molar-refractivity contribution in [2.75, 3.05) is 49.5 Å². The van der Waals surface area contributed by atoms with E-state index in [2.05, 4.69) is 5.32 Å². The van der Waals surface area contributed by atoms with Crippen LogP contribution < -0.4 is 15.1 Å². The van der Waals surface area contributed by atoms with E-state index in [4.69, 9.17) is 4.74 Å². The second-order valence-corrected chi connectivity index (χ2v) is 6.56. The Labute approximate surface area is 152 Å². The van der Waals surface area contributed by atoms with Crippen LogP contribution in [0.3, 0.4) is 0 Å². The minimum absolute atomic E-state index is 0.0302. The monoisotopic (exact) mass is 361 g/mol. The van der Waals surface area contributed by atoms with Crippen molar-refractivity contribution in [2.24, 2.45) is 0 Å². The van der Waals surface area contributed by atoms with Gasteiger partial charge in [0.1, 0.15) is 6.54 Å². The Balaban J connectivity index is 1.66. The molecule has 2 N–H and O–H groups in total. The van der Waals surface area contributed by atoms with Gasteiger partial charge in [0.2, 0.25) is 5.91 Å². The van der Waals surface area contributed by atoms with E-state index in [0.717, 1.165) is 10.6 Å². The Kier molecular flexibility index (Phi) is 5.41. The molecule has 8 heteroatoms. The van der Waals surface area contributed by atoms with Crippen molar-refractivity contribution in [1.29, 1.82) is 0 Å². The summed E-state index contributed by atoms with van der Waals surface area (Å²) in [5.41, 5.74) is 1.39. The molecule has 0 saturated carbocycles. The highest BCUT2D eigenvalue weighted by Crippen LogP contribution is 2.29. The van der Waals surface area contributed by atoms with Gasteiger partial charge in [-0.2, -0.15) is 0 Å². The number of carbonyl (C=O) groups excluding carboxylic acids is 3. The summed E-state index contributed by atoms with van der Waals surface area (Å²) in [5, 5.41) is 2.80. The number of carbonyl (C=O) groups is 3. The van der Waals surface area contributed by atoms with Gasteiger partial charge >= 0.3 is 6.09 Å². The van der Waals surface area contributed by atoms with Gasteiger partial charge in [0.05, 0.1) is 44.2 Å². The maximum atomic E-state index is 13.0. The van der Waals surface area contributed by atoms with Crippen LogP contribution in [0.15, 0.2) is 24.3 Å². The van der Waals surface area contributed by atoms with Crippen molar-refractivity contribution in [3.63, 3.8) is 0 Å². The van der Waals surface area contributed by atoms with E-state index in [1.54, 1.807) is 22.8 Å². The first-order valence-corrected chi connectivity index (χ1v) is 8.97. The number of para-hydroxylation sites is 2. The predicted octanol–water partition coefficient (Wildman–Crippen LogP) is -0.283. The molecule has 3 amide bonds. The standard InChI is InChI=1S/C18H24N4O4/c1-3-26-18(25)21-10-8-20(9-11-21)13(2)17(24)22-12-16(23)19-14-6-4-5-7-15(14)22/h4-7,13H,3,8-12H2,1-2H3,(H,19,23)/p+1/t13-/m1/s1. The van der Waals surface area contributed by atoms with Crippen LogP contribution in [0.25, 0.3) is 0 Å². The van der Waals surface area contributed by atoms with Gasteiger partial charge in [-0.1, -0.05) is 12.1 Å². The summed E-state index contributed by atoms with van der Waals surface area (Å²) in [6.07, 6.45) is -0.299. The maximum absolute atomic E-state index is 13.0. The topological polar surface area (TPSA) is 83.4 Å². The predicted molar refractivity (Wildman–Crippen MR) is 96.2 cm³/mol. The van der Waals surface area contributed by atoms with Crippen LogP contribution in [0.5, 0.6) is 0 Å². The lowest BCUT2D eigenvalue weighted by molar-refractivity contribution is -0.917. The largest absolute Gasteiger partial charge is 0.450 e. The van der Waals surface area contributed by atoms with Crippen LogP contribution in [-0.4, -0.2) is 68.2 Å². The molecule has 2 heterocycles. The maximum Gasteiger partial charge on any atom is 0.410 e. The number of piperazine rings is 1. The van der Waals surface area contributed by atoms with Crippen molar-refractivity contribution < 1.29 is 24.0 Å². The fourth-order valence-corrected chi connectivity index (χ4v) is 3.46. The van der Waals surface area contributed by atoms with Gasteiger partial charge in [0, 0.05) is 0 Å². The van der Waals surface area contributed by atoms with Crippen molar-refractivity contribution >= 4 is 29.3 Å². The molecule has 26 heavy (non-hydrogen) atoms. The minimum Gasteiger partial charge on any atom is -0.450 e. The highest BCUT2D eigenvalue weighted by atomic mass is 16.6. The van der Waals surface area contributed by atoms with Crippen LogP contribution in [0, 0.1) is 0 Å². The summed E-state index contributed by atoms with van der Waals surface area (Å²) < 4.78 is 5.03. The molecule has 0 radical (unpaired) electrons. The van der Waals surface area contributed by atoms with E-state index in [9.17, 15) is 14.4 Å². The number of rotatable bonds is 3. The van der Waals surface area contributed by atoms with Crippen LogP contribution >= 0.6 is 0 Å². The first-order chi connectivity index (χ1) is 12.5. The number of nitrogens with one attached hydrogen (secondary N) is 2. The zero-order valence-electron chi connectivity index (χ0n) is 15.2. The molecule has 0 aliphatic carbocycles. The fraction of sp³-hybridized carbons (Fsp3) is 0.500. The molecule has 0 bridgehead atoms. The molecule has 2 aliphatic rings. The second-order valence-electron chi connectivity index (χ2n) is 6.56. The molecular weight excluding hydrogens is 336 g/mol. The highest BCUT2D eigenvalue weighted by molar-refractivity contribution is 6.10. The molecule has 1 aromatic carbocycles. The van der Waals surface area contributed by atoms with Crippen LogP contribution in [0.1, 0.15) is 13.8 Å². The molecule has 8 nitrogen and oxygen atoms in total. The third kappa shape index (κ3) is 3.65. The van der Waals surface area contributed by atoms with Crippen LogP contribution in [0.2, 0.25) is 0 Å². The number of amides is 3. The Morgan fingerprint density at radius 1 is 1.27 bits per heavy atom. The van der Waals surface area contributed by atoms with Gasteiger partial charge in [-0.15, -0.1) is 0 Å². The quantitative estimate of drug-likeness (QED) is 0.776. The zero-order valence-corrected chi connectivity index (χ0v) is 15.2. The molecule has 0 unspecified atom stereocenters. The zero-order chi connectivity index (χ0) is 18.7. The van der Waals surface area contributed by atoms with E-state index >= 15 is 0 Å². The number of anilines is 2. The molecule has 1 atom stereocenters. The Bertz CT molecular complexity index is 700. The fourth-order valence-electron chi connectivity index (χ4n) is 3.46. The Morgan fingerprint density at radius 3 is 2.65 bits per heavy atom. The molecule has 0 spiro atoms. The average Bonchev–Trinajstić information content (AvgIpc) is 2.66.